The largest absolute Gasteiger partial charge is 0.369 e. The number of allylic oxidation sites excluding steroid dienone is 4. The number of primary amides is 1. The summed E-state index contributed by atoms with van der Waals surface area (Å²) in [6, 6.07) is 0. The Morgan fingerprint density at radius 1 is 1.21 bits per heavy atom. The Balaban J connectivity index is 1.63. The molecule has 0 bridgehead atoms. The molecular formula is C22H33NO. The molecule has 0 radical (unpaired) electrons. The van der Waals surface area contributed by atoms with Crippen molar-refractivity contribution in [2.24, 2.45) is 46.2 Å². The second-order valence-electron chi connectivity index (χ2n) is 9.58. The lowest BCUT2D eigenvalue weighted by Gasteiger charge is -2.58. The summed E-state index contributed by atoms with van der Waals surface area (Å²) in [5.74, 6) is 2.92. The minimum atomic E-state index is -0.0951. The summed E-state index contributed by atoms with van der Waals surface area (Å²) in [5, 5.41) is 0. The van der Waals surface area contributed by atoms with E-state index in [1.165, 1.54) is 44.9 Å². The monoisotopic (exact) mass is 327 g/mol. The maximum atomic E-state index is 11.8. The number of fused-ring (bicyclic) bond motifs is 5. The highest BCUT2D eigenvalue weighted by Crippen LogP contribution is 2.67. The molecule has 1 unspecified atom stereocenters. The third-order valence-corrected chi connectivity index (χ3v) is 8.84. The molecule has 0 spiro atoms. The predicted molar refractivity (Wildman–Crippen MR) is 98.1 cm³/mol. The van der Waals surface area contributed by atoms with Gasteiger partial charge in [0.1, 0.15) is 0 Å². The standard InChI is InChI=1S/C22H33NO/c1-14(20(23)24)17-9-10-18-16-8-7-15-6-4-5-12-21(15,2)19(16)11-13-22(17,18)3/h4-6,14,16-19H,7-13H2,1-3H3,(H2,23,24)/t14?,16-,17+,18-,19-,21-,22+/m0/s1. The summed E-state index contributed by atoms with van der Waals surface area (Å²) in [6.07, 6.45) is 16.1. The number of carbonyl (C=O) groups is 1. The van der Waals surface area contributed by atoms with Crippen LogP contribution in [0.2, 0.25) is 0 Å². The zero-order valence-electron chi connectivity index (χ0n) is 15.6. The predicted octanol–water partition coefficient (Wildman–Crippen LogP) is 4.85. The molecule has 0 saturated heterocycles. The third-order valence-electron chi connectivity index (χ3n) is 8.84. The lowest BCUT2D eigenvalue weighted by Crippen LogP contribution is -2.50. The van der Waals surface area contributed by atoms with E-state index in [1.54, 1.807) is 5.57 Å². The number of hydrogen-bond donors (Lipinski definition) is 1. The molecule has 4 aliphatic carbocycles. The first kappa shape index (κ1) is 16.4. The van der Waals surface area contributed by atoms with Crippen LogP contribution in [0.4, 0.5) is 0 Å². The van der Waals surface area contributed by atoms with Crippen molar-refractivity contribution in [3.63, 3.8) is 0 Å². The van der Waals surface area contributed by atoms with Gasteiger partial charge in [-0.05, 0) is 79.4 Å². The van der Waals surface area contributed by atoms with Crippen LogP contribution in [-0.2, 0) is 4.79 Å². The van der Waals surface area contributed by atoms with Gasteiger partial charge < -0.3 is 5.73 Å². The van der Waals surface area contributed by atoms with Gasteiger partial charge in [-0.25, -0.2) is 0 Å². The van der Waals surface area contributed by atoms with Crippen molar-refractivity contribution in [2.45, 2.75) is 65.7 Å². The van der Waals surface area contributed by atoms with Crippen LogP contribution in [0.1, 0.15) is 65.7 Å². The van der Waals surface area contributed by atoms with Gasteiger partial charge in [-0.1, -0.05) is 44.6 Å². The van der Waals surface area contributed by atoms with E-state index in [4.69, 9.17) is 5.73 Å². The van der Waals surface area contributed by atoms with E-state index in [2.05, 4.69) is 39.0 Å². The highest BCUT2D eigenvalue weighted by molar-refractivity contribution is 5.76. The van der Waals surface area contributed by atoms with E-state index in [0.717, 1.165) is 17.8 Å². The molecule has 4 aliphatic rings. The maximum Gasteiger partial charge on any atom is 0.220 e. The van der Waals surface area contributed by atoms with Crippen molar-refractivity contribution >= 4 is 5.91 Å². The number of amides is 1. The van der Waals surface area contributed by atoms with Gasteiger partial charge in [-0.15, -0.1) is 0 Å². The van der Waals surface area contributed by atoms with Crippen LogP contribution in [0.25, 0.3) is 0 Å². The molecule has 132 valence electrons. The minimum Gasteiger partial charge on any atom is -0.369 e. The first-order valence-corrected chi connectivity index (χ1v) is 10.0. The van der Waals surface area contributed by atoms with Gasteiger partial charge in [0, 0.05) is 5.92 Å². The SMILES string of the molecule is CC(C(N)=O)[C@H]1CC[C@H]2[C@@H]3CCC4=CC=CC[C@]4(C)[C@H]3CC[C@]12C. The van der Waals surface area contributed by atoms with Crippen LogP contribution in [0.15, 0.2) is 23.8 Å². The van der Waals surface area contributed by atoms with E-state index < -0.39 is 0 Å². The molecule has 4 rings (SSSR count). The molecule has 0 aromatic heterocycles. The minimum absolute atomic E-state index is 0.0313. The first-order chi connectivity index (χ1) is 11.4. The molecule has 1 amide bonds. The summed E-state index contributed by atoms with van der Waals surface area (Å²) >= 11 is 0. The van der Waals surface area contributed by atoms with Gasteiger partial charge >= 0.3 is 0 Å². The van der Waals surface area contributed by atoms with E-state index >= 15 is 0 Å². The van der Waals surface area contributed by atoms with Gasteiger partial charge in [0.15, 0.2) is 0 Å². The summed E-state index contributed by atoms with van der Waals surface area (Å²) in [7, 11) is 0. The van der Waals surface area contributed by atoms with Crippen LogP contribution >= 0.6 is 0 Å². The Morgan fingerprint density at radius 3 is 2.75 bits per heavy atom. The Morgan fingerprint density at radius 2 is 2.00 bits per heavy atom. The lowest BCUT2D eigenvalue weighted by atomic mass is 9.47. The molecule has 0 aromatic rings. The maximum absolute atomic E-state index is 11.8. The smallest absolute Gasteiger partial charge is 0.220 e. The van der Waals surface area contributed by atoms with Crippen molar-refractivity contribution in [3.05, 3.63) is 23.8 Å². The highest BCUT2D eigenvalue weighted by atomic mass is 16.1. The fourth-order valence-electron chi connectivity index (χ4n) is 7.44. The van der Waals surface area contributed by atoms with E-state index in [-0.39, 0.29) is 11.8 Å². The normalized spacial score (nSPS) is 48.0. The quantitative estimate of drug-likeness (QED) is 0.774. The third kappa shape index (κ3) is 2.10. The van der Waals surface area contributed by atoms with E-state index in [0.29, 0.717) is 16.7 Å². The second-order valence-corrected chi connectivity index (χ2v) is 9.58. The zero-order chi connectivity index (χ0) is 17.1. The summed E-state index contributed by atoms with van der Waals surface area (Å²) in [4.78, 5) is 11.8. The Hall–Kier alpha value is -1.05. The zero-order valence-corrected chi connectivity index (χ0v) is 15.6. The second kappa shape index (κ2) is 5.47. The number of nitrogens with two attached hydrogens (primary N) is 1. The van der Waals surface area contributed by atoms with E-state index in [9.17, 15) is 4.79 Å². The van der Waals surface area contributed by atoms with Crippen molar-refractivity contribution < 1.29 is 4.79 Å². The molecular weight excluding hydrogens is 294 g/mol. The molecule has 0 aromatic carbocycles. The average Bonchev–Trinajstić information content (AvgIpc) is 2.90. The first-order valence-electron chi connectivity index (χ1n) is 10.0. The van der Waals surface area contributed by atoms with Gasteiger partial charge in [-0.3, -0.25) is 4.79 Å². The molecule has 0 heterocycles. The lowest BCUT2D eigenvalue weighted by molar-refractivity contribution is -0.126. The molecule has 7 atom stereocenters. The number of carbonyl (C=O) groups excluding carboxylic acids is 1. The molecule has 2 nitrogen and oxygen atoms in total. The van der Waals surface area contributed by atoms with Crippen molar-refractivity contribution in [2.75, 3.05) is 0 Å². The summed E-state index contributed by atoms with van der Waals surface area (Å²) < 4.78 is 0. The van der Waals surface area contributed by atoms with Crippen LogP contribution in [-0.4, -0.2) is 5.91 Å². The Labute approximate surface area is 147 Å². The van der Waals surface area contributed by atoms with Gasteiger partial charge in [0.25, 0.3) is 0 Å². The van der Waals surface area contributed by atoms with Crippen molar-refractivity contribution in [1.29, 1.82) is 0 Å². The molecule has 2 heteroatoms. The molecule has 24 heavy (non-hydrogen) atoms. The Kier molecular flexibility index (Phi) is 3.75. The van der Waals surface area contributed by atoms with Crippen molar-refractivity contribution in [3.8, 4) is 0 Å². The Bertz CT molecular complexity index is 605. The molecule has 0 aliphatic heterocycles. The van der Waals surface area contributed by atoms with Crippen LogP contribution in [0, 0.1) is 40.4 Å². The number of rotatable bonds is 2. The van der Waals surface area contributed by atoms with Gasteiger partial charge in [0.05, 0.1) is 0 Å². The fourth-order valence-corrected chi connectivity index (χ4v) is 7.44. The number of hydrogen-bond acceptors (Lipinski definition) is 1. The molecule has 3 saturated carbocycles. The van der Waals surface area contributed by atoms with E-state index in [1.807, 2.05) is 0 Å². The van der Waals surface area contributed by atoms with Crippen LogP contribution in [0.5, 0.6) is 0 Å². The summed E-state index contributed by atoms with van der Waals surface area (Å²) in [6.45, 7) is 7.08. The average molecular weight is 328 g/mol. The summed E-state index contributed by atoms with van der Waals surface area (Å²) in [5.41, 5.74) is 8.11. The highest BCUT2D eigenvalue weighted by Gasteiger charge is 2.59. The fraction of sp³-hybridized carbons (Fsp3) is 0.773. The van der Waals surface area contributed by atoms with Crippen LogP contribution < -0.4 is 5.73 Å². The topological polar surface area (TPSA) is 43.1 Å². The molecule has 2 N–H and O–H groups in total. The van der Waals surface area contributed by atoms with Crippen molar-refractivity contribution in [1.82, 2.24) is 0 Å². The molecule has 3 fully saturated rings. The van der Waals surface area contributed by atoms with Crippen LogP contribution in [0.3, 0.4) is 0 Å². The van der Waals surface area contributed by atoms with Gasteiger partial charge in [-0.2, -0.15) is 0 Å². The van der Waals surface area contributed by atoms with Gasteiger partial charge in [0.2, 0.25) is 5.91 Å².